The Labute approximate surface area is 81.7 Å². The van der Waals surface area contributed by atoms with Crippen molar-refractivity contribution < 1.29 is 9.47 Å². The first-order chi connectivity index (χ1) is 5.84. The van der Waals surface area contributed by atoms with Crippen molar-refractivity contribution in [3.05, 3.63) is 0 Å². The molecule has 0 amide bonds. The molecule has 3 heteroatoms. The van der Waals surface area contributed by atoms with Gasteiger partial charge in [0.1, 0.15) is 0 Å². The number of halogens is 1. The van der Waals surface area contributed by atoms with Crippen molar-refractivity contribution in [2.75, 3.05) is 13.2 Å². The molecule has 2 aliphatic rings. The lowest BCUT2D eigenvalue weighted by Crippen LogP contribution is -2.33. The van der Waals surface area contributed by atoms with E-state index in [2.05, 4.69) is 15.9 Å². The number of alkyl halides is 1. The number of ether oxygens (including phenoxy) is 2. The number of hydrogen-bond acceptors (Lipinski definition) is 2. The van der Waals surface area contributed by atoms with Gasteiger partial charge < -0.3 is 9.47 Å². The highest BCUT2D eigenvalue weighted by Crippen LogP contribution is 2.30. The van der Waals surface area contributed by atoms with Gasteiger partial charge in [-0.1, -0.05) is 15.9 Å². The lowest BCUT2D eigenvalue weighted by atomic mass is 9.96. The molecule has 1 atom stereocenters. The summed E-state index contributed by atoms with van der Waals surface area (Å²) in [5.74, 6) is 0. The molecule has 1 saturated carbocycles. The van der Waals surface area contributed by atoms with Gasteiger partial charge in [0.2, 0.25) is 0 Å². The highest BCUT2D eigenvalue weighted by molar-refractivity contribution is 9.09. The van der Waals surface area contributed by atoms with Gasteiger partial charge in [-0.25, -0.2) is 0 Å². The fourth-order valence-corrected chi connectivity index (χ4v) is 2.49. The predicted molar refractivity (Wildman–Crippen MR) is 50.7 cm³/mol. The Bertz CT molecular complexity index is 139. The van der Waals surface area contributed by atoms with Crippen molar-refractivity contribution in [1.29, 1.82) is 0 Å². The predicted octanol–water partition coefficient (Wildman–Crippen LogP) is 2.11. The van der Waals surface area contributed by atoms with Crippen LogP contribution in [0.25, 0.3) is 0 Å². The van der Waals surface area contributed by atoms with E-state index < -0.39 is 0 Å². The second-order valence-corrected chi connectivity index (χ2v) is 4.95. The quantitative estimate of drug-likeness (QED) is 0.697. The standard InChI is InChI=1S/C9H15BrO2/c10-7-4-9(5-7)12-6-8-2-1-3-11-8/h7-9H,1-6H2. The van der Waals surface area contributed by atoms with Crippen LogP contribution < -0.4 is 0 Å². The van der Waals surface area contributed by atoms with E-state index >= 15 is 0 Å². The van der Waals surface area contributed by atoms with Gasteiger partial charge >= 0.3 is 0 Å². The minimum absolute atomic E-state index is 0.388. The second-order valence-electron chi connectivity index (χ2n) is 3.66. The maximum absolute atomic E-state index is 5.68. The molecule has 0 radical (unpaired) electrons. The smallest absolute Gasteiger partial charge is 0.0809 e. The molecule has 0 bridgehead atoms. The van der Waals surface area contributed by atoms with Gasteiger partial charge in [0.05, 0.1) is 18.8 Å². The van der Waals surface area contributed by atoms with Gasteiger partial charge in [0, 0.05) is 11.4 Å². The zero-order valence-electron chi connectivity index (χ0n) is 7.17. The molecule has 70 valence electrons. The Kier molecular flexibility index (Phi) is 3.05. The average Bonchev–Trinajstić information content (AvgIpc) is 2.47. The van der Waals surface area contributed by atoms with Crippen LogP contribution in [0.5, 0.6) is 0 Å². The number of rotatable bonds is 3. The third-order valence-electron chi connectivity index (χ3n) is 2.58. The molecule has 0 aromatic rings. The van der Waals surface area contributed by atoms with E-state index in [1.54, 1.807) is 0 Å². The summed E-state index contributed by atoms with van der Waals surface area (Å²) in [6.07, 6.45) is 5.63. The molecule has 1 saturated heterocycles. The van der Waals surface area contributed by atoms with Crippen LogP contribution in [-0.2, 0) is 9.47 Å². The van der Waals surface area contributed by atoms with Crippen molar-refractivity contribution >= 4 is 15.9 Å². The van der Waals surface area contributed by atoms with Crippen LogP contribution in [-0.4, -0.2) is 30.2 Å². The zero-order chi connectivity index (χ0) is 8.39. The average molecular weight is 235 g/mol. The van der Waals surface area contributed by atoms with Crippen LogP contribution >= 0.6 is 15.9 Å². The lowest BCUT2D eigenvalue weighted by molar-refractivity contribution is -0.0456. The van der Waals surface area contributed by atoms with Crippen molar-refractivity contribution in [1.82, 2.24) is 0 Å². The van der Waals surface area contributed by atoms with Crippen LogP contribution in [0.1, 0.15) is 25.7 Å². The van der Waals surface area contributed by atoms with Crippen LogP contribution in [0.4, 0.5) is 0 Å². The van der Waals surface area contributed by atoms with E-state index in [0.717, 1.165) is 13.2 Å². The van der Waals surface area contributed by atoms with Crippen molar-refractivity contribution in [3.8, 4) is 0 Å². The first-order valence-electron chi connectivity index (χ1n) is 4.72. The van der Waals surface area contributed by atoms with Crippen LogP contribution in [0, 0.1) is 0 Å². The minimum Gasteiger partial charge on any atom is -0.376 e. The lowest BCUT2D eigenvalue weighted by Gasteiger charge is -2.31. The summed E-state index contributed by atoms with van der Waals surface area (Å²) in [6, 6.07) is 0. The molecule has 0 aromatic carbocycles. The maximum Gasteiger partial charge on any atom is 0.0809 e. The monoisotopic (exact) mass is 234 g/mol. The summed E-state index contributed by atoms with van der Waals surface area (Å²) in [5.41, 5.74) is 0. The largest absolute Gasteiger partial charge is 0.376 e. The van der Waals surface area contributed by atoms with Crippen molar-refractivity contribution in [2.45, 2.75) is 42.7 Å². The third-order valence-corrected chi connectivity index (χ3v) is 3.33. The molecule has 2 rings (SSSR count). The summed E-state index contributed by atoms with van der Waals surface area (Å²) in [4.78, 5) is 0.701. The Morgan fingerprint density at radius 2 is 2.25 bits per heavy atom. The summed E-state index contributed by atoms with van der Waals surface area (Å²) < 4.78 is 11.1. The topological polar surface area (TPSA) is 18.5 Å². The highest BCUT2D eigenvalue weighted by atomic mass is 79.9. The van der Waals surface area contributed by atoms with Gasteiger partial charge in [-0.2, -0.15) is 0 Å². The Hall–Kier alpha value is 0.400. The van der Waals surface area contributed by atoms with E-state index in [1.807, 2.05) is 0 Å². The summed E-state index contributed by atoms with van der Waals surface area (Å²) in [5, 5.41) is 0. The maximum atomic E-state index is 5.68. The molecule has 1 unspecified atom stereocenters. The molecule has 0 spiro atoms. The fraction of sp³-hybridized carbons (Fsp3) is 1.00. The Morgan fingerprint density at radius 1 is 1.42 bits per heavy atom. The first-order valence-corrected chi connectivity index (χ1v) is 5.63. The third kappa shape index (κ3) is 2.21. The fourth-order valence-electron chi connectivity index (χ4n) is 1.66. The number of hydrogen-bond donors (Lipinski definition) is 0. The molecule has 0 N–H and O–H groups in total. The van der Waals surface area contributed by atoms with Crippen molar-refractivity contribution in [3.63, 3.8) is 0 Å². The summed E-state index contributed by atoms with van der Waals surface area (Å²) in [6.45, 7) is 1.74. The molecule has 1 aliphatic carbocycles. The van der Waals surface area contributed by atoms with Gasteiger partial charge in [-0.05, 0) is 25.7 Å². The SMILES string of the molecule is BrC1CC(OCC2CCCO2)C1. The van der Waals surface area contributed by atoms with Crippen molar-refractivity contribution in [2.24, 2.45) is 0 Å². The molecule has 0 aromatic heterocycles. The van der Waals surface area contributed by atoms with E-state index in [0.29, 0.717) is 17.0 Å². The molecular formula is C9H15BrO2. The highest BCUT2D eigenvalue weighted by Gasteiger charge is 2.28. The second kappa shape index (κ2) is 4.07. The van der Waals surface area contributed by atoms with Crippen LogP contribution in [0.2, 0.25) is 0 Å². The van der Waals surface area contributed by atoms with Crippen LogP contribution in [0.3, 0.4) is 0 Å². The molecule has 2 fully saturated rings. The Morgan fingerprint density at radius 3 is 2.83 bits per heavy atom. The van der Waals surface area contributed by atoms with E-state index in [1.165, 1.54) is 25.7 Å². The van der Waals surface area contributed by atoms with E-state index in [4.69, 9.17) is 9.47 Å². The van der Waals surface area contributed by atoms with Gasteiger partial charge in [-0.15, -0.1) is 0 Å². The van der Waals surface area contributed by atoms with Gasteiger partial charge in [-0.3, -0.25) is 0 Å². The van der Waals surface area contributed by atoms with Crippen LogP contribution in [0.15, 0.2) is 0 Å². The van der Waals surface area contributed by atoms with Gasteiger partial charge in [0.25, 0.3) is 0 Å². The van der Waals surface area contributed by atoms with E-state index in [-0.39, 0.29) is 0 Å². The summed E-state index contributed by atoms with van der Waals surface area (Å²) >= 11 is 3.54. The molecule has 1 aliphatic heterocycles. The van der Waals surface area contributed by atoms with E-state index in [9.17, 15) is 0 Å². The molecule has 1 heterocycles. The zero-order valence-corrected chi connectivity index (χ0v) is 8.76. The minimum atomic E-state index is 0.388. The molecular weight excluding hydrogens is 220 g/mol. The molecule has 2 nitrogen and oxygen atoms in total. The normalized spacial score (nSPS) is 41.2. The summed E-state index contributed by atoms with van der Waals surface area (Å²) in [7, 11) is 0. The molecule has 12 heavy (non-hydrogen) atoms. The van der Waals surface area contributed by atoms with Gasteiger partial charge in [0.15, 0.2) is 0 Å². The first kappa shape index (κ1) is 8.97. The Balaban J connectivity index is 1.56.